The highest BCUT2D eigenvalue weighted by molar-refractivity contribution is 5.81. The molecule has 0 aliphatic carbocycles. The van der Waals surface area contributed by atoms with Crippen LogP contribution >= 0.6 is 0 Å². The first-order chi connectivity index (χ1) is 12.7. The van der Waals surface area contributed by atoms with Gasteiger partial charge in [0, 0.05) is 24.8 Å². The van der Waals surface area contributed by atoms with Crippen LogP contribution in [0.5, 0.6) is 0 Å². The van der Waals surface area contributed by atoms with Crippen molar-refractivity contribution in [3.63, 3.8) is 0 Å². The van der Waals surface area contributed by atoms with E-state index in [1.54, 1.807) is 23.1 Å². The molecule has 1 aromatic carbocycles. The number of rotatable bonds is 8. The molecule has 1 aliphatic heterocycles. The number of hydrogen-bond donors (Lipinski definition) is 3. The van der Waals surface area contributed by atoms with E-state index in [-0.39, 0.29) is 42.6 Å². The number of nitrogens with zero attached hydrogens (tertiary/aromatic N) is 1. The molecule has 7 heteroatoms. The minimum atomic E-state index is -1.15. The van der Waals surface area contributed by atoms with Crippen LogP contribution in [-0.4, -0.2) is 56.4 Å². The minimum absolute atomic E-state index is 0.0191. The molecule has 0 saturated carbocycles. The highest BCUT2D eigenvalue weighted by Crippen LogP contribution is 2.36. The fourth-order valence-corrected chi connectivity index (χ4v) is 3.54. The Bertz CT molecular complexity index is 688. The number of likely N-dealkylation sites (tertiary alicyclic amines) is 1. The summed E-state index contributed by atoms with van der Waals surface area (Å²) in [6.07, 6.45) is 0.767. The molecule has 1 saturated heterocycles. The van der Waals surface area contributed by atoms with Gasteiger partial charge in [0.25, 0.3) is 0 Å². The number of carboxylic acid groups (broad SMARTS) is 1. The normalized spacial score (nSPS) is 22.6. The lowest BCUT2D eigenvalue weighted by Crippen LogP contribution is -2.39. The maximum Gasteiger partial charge on any atom is 0.305 e. The van der Waals surface area contributed by atoms with Crippen molar-refractivity contribution in [3.05, 3.63) is 47.8 Å². The average Bonchev–Trinajstić information content (AvgIpc) is 2.89. The van der Waals surface area contributed by atoms with Crippen LogP contribution in [0.3, 0.4) is 0 Å². The molecule has 0 bridgehead atoms. The highest BCUT2D eigenvalue weighted by Gasteiger charge is 2.40. The molecule has 1 amide bonds. The molecular formula is C20H26FNO5. The summed E-state index contributed by atoms with van der Waals surface area (Å²) in [7, 11) is 0. The summed E-state index contributed by atoms with van der Waals surface area (Å²) in [4.78, 5) is 24.8. The quantitative estimate of drug-likeness (QED) is 0.601. The summed E-state index contributed by atoms with van der Waals surface area (Å²) in [5, 5.41) is 28.4. The van der Waals surface area contributed by atoms with Gasteiger partial charge in [-0.2, -0.15) is 0 Å². The Morgan fingerprint density at radius 1 is 1.30 bits per heavy atom. The van der Waals surface area contributed by atoms with Gasteiger partial charge < -0.3 is 20.2 Å². The summed E-state index contributed by atoms with van der Waals surface area (Å²) in [6, 6.07) is 5.67. The molecule has 148 valence electrons. The van der Waals surface area contributed by atoms with E-state index >= 15 is 0 Å². The molecule has 3 N–H and O–H groups in total. The molecule has 27 heavy (non-hydrogen) atoms. The lowest BCUT2D eigenvalue weighted by molar-refractivity contribution is -0.139. The standard InChI is InChI=1S/C20H26FNO5/c1-12(2)22-18(8-7-15(23)9-16(24)10-20(26)27)17(11-19(22)25)13-3-5-14(21)6-4-13/h3-8,12,15-18,23-24H,9-11H2,1-2H3,(H,26,27)/t15-,16-,17-,18-/m1/s1. The van der Waals surface area contributed by atoms with Crippen molar-refractivity contribution in [3.8, 4) is 0 Å². The second-order valence-electron chi connectivity index (χ2n) is 7.19. The van der Waals surface area contributed by atoms with Crippen molar-refractivity contribution < 1.29 is 29.3 Å². The molecular weight excluding hydrogens is 353 g/mol. The topological polar surface area (TPSA) is 98.1 Å². The fraction of sp³-hybridized carbons (Fsp3) is 0.500. The van der Waals surface area contributed by atoms with Gasteiger partial charge in [0.2, 0.25) is 5.91 Å². The summed E-state index contributed by atoms with van der Waals surface area (Å²) >= 11 is 0. The summed E-state index contributed by atoms with van der Waals surface area (Å²) in [5.74, 6) is -1.68. The van der Waals surface area contributed by atoms with Crippen molar-refractivity contribution >= 4 is 11.9 Å². The molecule has 1 aromatic rings. The number of aliphatic hydroxyl groups excluding tert-OH is 2. The van der Waals surface area contributed by atoms with Crippen LogP contribution in [0.4, 0.5) is 4.39 Å². The molecule has 1 heterocycles. The predicted octanol–water partition coefficient (Wildman–Crippen LogP) is 2.06. The van der Waals surface area contributed by atoms with E-state index in [0.717, 1.165) is 5.56 Å². The molecule has 0 aromatic heterocycles. The first kappa shape index (κ1) is 21.1. The van der Waals surface area contributed by atoms with Gasteiger partial charge in [-0.1, -0.05) is 24.3 Å². The van der Waals surface area contributed by atoms with E-state index in [1.165, 1.54) is 18.2 Å². The summed E-state index contributed by atoms with van der Waals surface area (Å²) < 4.78 is 13.2. The molecule has 1 fully saturated rings. The Morgan fingerprint density at radius 3 is 2.48 bits per heavy atom. The van der Waals surface area contributed by atoms with Crippen LogP contribution in [0.2, 0.25) is 0 Å². The summed E-state index contributed by atoms with van der Waals surface area (Å²) in [6.45, 7) is 3.80. The monoisotopic (exact) mass is 379 g/mol. The lowest BCUT2D eigenvalue weighted by Gasteiger charge is -2.29. The van der Waals surface area contributed by atoms with Gasteiger partial charge in [0.1, 0.15) is 5.82 Å². The van der Waals surface area contributed by atoms with E-state index in [4.69, 9.17) is 5.11 Å². The van der Waals surface area contributed by atoms with Crippen molar-refractivity contribution in [1.29, 1.82) is 0 Å². The zero-order valence-corrected chi connectivity index (χ0v) is 15.5. The van der Waals surface area contributed by atoms with Gasteiger partial charge in [-0.3, -0.25) is 9.59 Å². The van der Waals surface area contributed by atoms with Crippen LogP contribution < -0.4 is 0 Å². The van der Waals surface area contributed by atoms with Gasteiger partial charge in [0.05, 0.1) is 24.7 Å². The van der Waals surface area contributed by atoms with E-state index in [9.17, 15) is 24.2 Å². The van der Waals surface area contributed by atoms with E-state index in [0.29, 0.717) is 0 Å². The second-order valence-corrected chi connectivity index (χ2v) is 7.19. The van der Waals surface area contributed by atoms with E-state index < -0.39 is 24.6 Å². The first-order valence-electron chi connectivity index (χ1n) is 9.02. The number of amides is 1. The predicted molar refractivity (Wildman–Crippen MR) is 97.6 cm³/mol. The SMILES string of the molecule is CC(C)N1C(=O)C[C@H](c2ccc(F)cc2)[C@H]1C=C[C@@H](O)C[C@@H](O)CC(=O)O. The third kappa shape index (κ3) is 5.61. The number of carbonyl (C=O) groups is 2. The fourth-order valence-electron chi connectivity index (χ4n) is 3.54. The van der Waals surface area contributed by atoms with E-state index in [2.05, 4.69) is 0 Å². The zero-order valence-electron chi connectivity index (χ0n) is 15.5. The van der Waals surface area contributed by atoms with Gasteiger partial charge >= 0.3 is 5.97 Å². The lowest BCUT2D eigenvalue weighted by atomic mass is 9.90. The molecule has 4 atom stereocenters. The Hall–Kier alpha value is -2.25. The largest absolute Gasteiger partial charge is 0.481 e. The van der Waals surface area contributed by atoms with Gasteiger partial charge in [-0.05, 0) is 31.5 Å². The van der Waals surface area contributed by atoms with Crippen molar-refractivity contribution in [1.82, 2.24) is 4.90 Å². The number of halogens is 1. The maximum atomic E-state index is 13.2. The minimum Gasteiger partial charge on any atom is -0.481 e. The number of carbonyl (C=O) groups excluding carboxylic acids is 1. The number of aliphatic carboxylic acids is 1. The molecule has 0 unspecified atom stereocenters. The van der Waals surface area contributed by atoms with Crippen LogP contribution in [-0.2, 0) is 9.59 Å². The van der Waals surface area contributed by atoms with Crippen LogP contribution in [0.1, 0.15) is 44.6 Å². The Kier molecular flexibility index (Phi) is 7.10. The Balaban J connectivity index is 2.17. The number of carboxylic acids is 1. The Labute approximate surface area is 157 Å². The van der Waals surface area contributed by atoms with Crippen molar-refractivity contribution in [2.24, 2.45) is 0 Å². The van der Waals surface area contributed by atoms with Crippen molar-refractivity contribution in [2.75, 3.05) is 0 Å². The first-order valence-corrected chi connectivity index (χ1v) is 9.02. The van der Waals surface area contributed by atoms with Gasteiger partial charge in [0.15, 0.2) is 0 Å². The van der Waals surface area contributed by atoms with E-state index in [1.807, 2.05) is 13.8 Å². The number of benzene rings is 1. The van der Waals surface area contributed by atoms with Gasteiger partial charge in [-0.15, -0.1) is 0 Å². The third-order valence-corrected chi connectivity index (χ3v) is 4.72. The molecule has 2 rings (SSSR count). The smallest absolute Gasteiger partial charge is 0.305 e. The molecule has 0 spiro atoms. The maximum absolute atomic E-state index is 13.2. The number of aliphatic hydroxyl groups is 2. The van der Waals surface area contributed by atoms with Crippen LogP contribution in [0.25, 0.3) is 0 Å². The van der Waals surface area contributed by atoms with Crippen molar-refractivity contribution in [2.45, 2.75) is 63.3 Å². The highest BCUT2D eigenvalue weighted by atomic mass is 19.1. The van der Waals surface area contributed by atoms with Crippen LogP contribution in [0.15, 0.2) is 36.4 Å². The molecule has 6 nitrogen and oxygen atoms in total. The van der Waals surface area contributed by atoms with Crippen LogP contribution in [0, 0.1) is 5.82 Å². The average molecular weight is 379 g/mol. The second kappa shape index (κ2) is 9.10. The molecule has 1 aliphatic rings. The molecule has 0 radical (unpaired) electrons. The summed E-state index contributed by atoms with van der Waals surface area (Å²) in [5.41, 5.74) is 0.836. The zero-order chi connectivity index (χ0) is 20.1. The van der Waals surface area contributed by atoms with Gasteiger partial charge in [-0.25, -0.2) is 4.39 Å². The number of hydrogen-bond acceptors (Lipinski definition) is 4. The Morgan fingerprint density at radius 2 is 1.93 bits per heavy atom. The third-order valence-electron chi connectivity index (χ3n) is 4.72.